The molecule has 0 atom stereocenters. The molecule has 8 heteroatoms. The van der Waals surface area contributed by atoms with Crippen LogP contribution in [0.4, 0.5) is 5.69 Å². The van der Waals surface area contributed by atoms with Gasteiger partial charge < -0.3 is 5.73 Å². The van der Waals surface area contributed by atoms with E-state index in [-0.39, 0.29) is 17.1 Å². The molecule has 0 spiro atoms. The average molecular weight is 301 g/mol. The molecule has 0 radical (unpaired) electrons. The second kappa shape index (κ2) is 5.60. The molecule has 2 aromatic rings. The van der Waals surface area contributed by atoms with E-state index in [1.807, 2.05) is 0 Å². The highest BCUT2D eigenvalue weighted by molar-refractivity contribution is 7.89. The first kappa shape index (κ1) is 13.9. The number of anilines is 1. The molecule has 0 saturated carbocycles. The summed E-state index contributed by atoms with van der Waals surface area (Å²) in [6.45, 7) is 0.696. The Balaban J connectivity index is 2.03. The van der Waals surface area contributed by atoms with Gasteiger partial charge in [-0.05, 0) is 24.3 Å². The molecule has 102 valence electrons. The van der Waals surface area contributed by atoms with Gasteiger partial charge in [0.05, 0.1) is 22.2 Å². The van der Waals surface area contributed by atoms with Gasteiger partial charge in [-0.25, -0.2) is 13.1 Å². The van der Waals surface area contributed by atoms with Crippen LogP contribution in [0.15, 0.2) is 41.6 Å². The molecule has 0 aliphatic heterocycles. The van der Waals surface area contributed by atoms with Crippen molar-refractivity contribution >= 4 is 27.3 Å². The molecule has 2 rings (SSSR count). The normalized spacial score (nSPS) is 11.6. The SMILES string of the molecule is Nc1cc(S(=O)(=O)NCCn2cccn2)ccc1Cl. The molecule has 0 amide bonds. The fourth-order valence-electron chi connectivity index (χ4n) is 1.50. The van der Waals surface area contributed by atoms with Crippen molar-refractivity contribution in [2.75, 3.05) is 12.3 Å². The Morgan fingerprint density at radius 1 is 1.42 bits per heavy atom. The van der Waals surface area contributed by atoms with Crippen LogP contribution in [0.2, 0.25) is 5.02 Å². The Hall–Kier alpha value is -1.57. The number of sulfonamides is 1. The lowest BCUT2D eigenvalue weighted by atomic mass is 10.3. The van der Waals surface area contributed by atoms with Gasteiger partial charge in [-0.15, -0.1) is 0 Å². The van der Waals surface area contributed by atoms with Crippen molar-refractivity contribution in [3.8, 4) is 0 Å². The first-order chi connectivity index (χ1) is 8.99. The van der Waals surface area contributed by atoms with Crippen LogP contribution in [-0.2, 0) is 16.6 Å². The number of hydrogen-bond donors (Lipinski definition) is 2. The predicted molar refractivity (Wildman–Crippen MR) is 73.3 cm³/mol. The highest BCUT2D eigenvalue weighted by Crippen LogP contribution is 2.21. The summed E-state index contributed by atoms with van der Waals surface area (Å²) in [6.07, 6.45) is 3.39. The van der Waals surface area contributed by atoms with E-state index < -0.39 is 10.0 Å². The zero-order chi connectivity index (χ0) is 13.9. The van der Waals surface area contributed by atoms with Crippen molar-refractivity contribution in [2.24, 2.45) is 0 Å². The van der Waals surface area contributed by atoms with Crippen LogP contribution >= 0.6 is 11.6 Å². The van der Waals surface area contributed by atoms with Gasteiger partial charge >= 0.3 is 0 Å². The van der Waals surface area contributed by atoms with Crippen molar-refractivity contribution in [3.05, 3.63) is 41.7 Å². The summed E-state index contributed by atoms with van der Waals surface area (Å²) in [6, 6.07) is 5.97. The lowest BCUT2D eigenvalue weighted by Gasteiger charge is -2.08. The zero-order valence-corrected chi connectivity index (χ0v) is 11.5. The minimum Gasteiger partial charge on any atom is -0.397 e. The summed E-state index contributed by atoms with van der Waals surface area (Å²) in [5, 5.41) is 4.31. The quantitative estimate of drug-likeness (QED) is 0.809. The molecule has 1 aromatic heterocycles. The Kier molecular flexibility index (Phi) is 4.08. The van der Waals surface area contributed by atoms with Crippen molar-refractivity contribution < 1.29 is 8.42 Å². The molecule has 1 aromatic carbocycles. The van der Waals surface area contributed by atoms with E-state index in [4.69, 9.17) is 17.3 Å². The van der Waals surface area contributed by atoms with E-state index >= 15 is 0 Å². The maximum absolute atomic E-state index is 12.0. The average Bonchev–Trinajstić information content (AvgIpc) is 2.85. The Morgan fingerprint density at radius 2 is 2.21 bits per heavy atom. The van der Waals surface area contributed by atoms with E-state index in [0.29, 0.717) is 11.6 Å². The van der Waals surface area contributed by atoms with Gasteiger partial charge in [-0.1, -0.05) is 11.6 Å². The molecule has 0 aliphatic carbocycles. The lowest BCUT2D eigenvalue weighted by molar-refractivity contribution is 0.561. The summed E-state index contributed by atoms with van der Waals surface area (Å²) in [5.41, 5.74) is 5.82. The van der Waals surface area contributed by atoms with Crippen molar-refractivity contribution in [1.82, 2.24) is 14.5 Å². The molecule has 19 heavy (non-hydrogen) atoms. The number of halogens is 1. The van der Waals surface area contributed by atoms with Crippen LogP contribution in [0.25, 0.3) is 0 Å². The summed E-state index contributed by atoms with van der Waals surface area (Å²) in [4.78, 5) is 0.0925. The van der Waals surface area contributed by atoms with Gasteiger partial charge in [0, 0.05) is 18.9 Å². The molecular formula is C11H13ClN4O2S. The Bertz CT molecular complexity index is 655. The second-order valence-corrected chi connectivity index (χ2v) is 6.02. The highest BCUT2D eigenvalue weighted by Gasteiger charge is 2.14. The van der Waals surface area contributed by atoms with E-state index in [2.05, 4.69) is 9.82 Å². The molecule has 1 heterocycles. The summed E-state index contributed by atoms with van der Waals surface area (Å²) in [7, 11) is -3.58. The zero-order valence-electron chi connectivity index (χ0n) is 9.95. The third kappa shape index (κ3) is 3.46. The molecular weight excluding hydrogens is 288 g/mol. The summed E-state index contributed by atoms with van der Waals surface area (Å²) >= 11 is 5.75. The van der Waals surface area contributed by atoms with E-state index in [1.54, 1.807) is 23.1 Å². The monoisotopic (exact) mass is 300 g/mol. The topological polar surface area (TPSA) is 90.0 Å². The van der Waals surface area contributed by atoms with E-state index in [1.165, 1.54) is 18.2 Å². The van der Waals surface area contributed by atoms with Crippen LogP contribution < -0.4 is 10.5 Å². The predicted octanol–water partition coefficient (Wildman–Crippen LogP) is 1.10. The van der Waals surface area contributed by atoms with Gasteiger partial charge in [-0.3, -0.25) is 4.68 Å². The van der Waals surface area contributed by atoms with Crippen LogP contribution in [0, 0.1) is 0 Å². The third-order valence-corrected chi connectivity index (χ3v) is 4.27. The van der Waals surface area contributed by atoms with Crippen LogP contribution in [0.1, 0.15) is 0 Å². The molecule has 0 unspecified atom stereocenters. The number of nitrogen functional groups attached to an aromatic ring is 1. The first-order valence-corrected chi connectivity index (χ1v) is 7.37. The van der Waals surface area contributed by atoms with Crippen molar-refractivity contribution in [2.45, 2.75) is 11.4 Å². The number of nitrogens with zero attached hydrogens (tertiary/aromatic N) is 2. The standard InChI is InChI=1S/C11H13ClN4O2S/c12-10-3-2-9(8-11(10)13)19(17,18)15-5-7-16-6-1-4-14-16/h1-4,6,8,15H,5,7,13H2. The molecule has 0 bridgehead atoms. The third-order valence-electron chi connectivity index (χ3n) is 2.47. The van der Waals surface area contributed by atoms with Gasteiger partial charge in [0.1, 0.15) is 0 Å². The number of nitrogens with one attached hydrogen (secondary N) is 1. The van der Waals surface area contributed by atoms with Crippen LogP contribution in [-0.4, -0.2) is 24.7 Å². The Morgan fingerprint density at radius 3 is 2.84 bits per heavy atom. The second-order valence-electron chi connectivity index (χ2n) is 3.85. The fraction of sp³-hybridized carbons (Fsp3) is 0.182. The lowest BCUT2D eigenvalue weighted by Crippen LogP contribution is -2.27. The van der Waals surface area contributed by atoms with Crippen LogP contribution in [0.5, 0.6) is 0 Å². The first-order valence-electron chi connectivity index (χ1n) is 5.51. The number of rotatable bonds is 5. The number of hydrogen-bond acceptors (Lipinski definition) is 4. The molecule has 0 aliphatic rings. The van der Waals surface area contributed by atoms with Gasteiger partial charge in [-0.2, -0.15) is 5.10 Å². The minimum atomic E-state index is -3.58. The Labute approximate surface area is 116 Å². The number of aromatic nitrogens is 2. The van der Waals surface area contributed by atoms with Gasteiger partial charge in [0.2, 0.25) is 10.0 Å². The minimum absolute atomic E-state index is 0.0925. The molecule has 6 nitrogen and oxygen atoms in total. The van der Waals surface area contributed by atoms with Gasteiger partial charge in [0.25, 0.3) is 0 Å². The largest absolute Gasteiger partial charge is 0.397 e. The van der Waals surface area contributed by atoms with E-state index in [0.717, 1.165) is 0 Å². The molecule has 0 fully saturated rings. The van der Waals surface area contributed by atoms with Crippen LogP contribution in [0.3, 0.4) is 0 Å². The maximum atomic E-state index is 12.0. The molecule has 0 saturated heterocycles. The highest BCUT2D eigenvalue weighted by atomic mass is 35.5. The number of benzene rings is 1. The fourth-order valence-corrected chi connectivity index (χ4v) is 2.67. The van der Waals surface area contributed by atoms with Crippen molar-refractivity contribution in [1.29, 1.82) is 0 Å². The number of nitrogens with two attached hydrogens (primary N) is 1. The molecule has 3 N–H and O–H groups in total. The smallest absolute Gasteiger partial charge is 0.240 e. The summed E-state index contributed by atoms with van der Waals surface area (Å²) in [5.74, 6) is 0. The van der Waals surface area contributed by atoms with E-state index in [9.17, 15) is 8.42 Å². The summed E-state index contributed by atoms with van der Waals surface area (Å²) < 4.78 is 28.1. The maximum Gasteiger partial charge on any atom is 0.240 e. The van der Waals surface area contributed by atoms with Crippen molar-refractivity contribution in [3.63, 3.8) is 0 Å². The van der Waals surface area contributed by atoms with Gasteiger partial charge in [0.15, 0.2) is 0 Å².